The Labute approximate surface area is 221 Å². The maximum atomic E-state index is 13.0. The maximum absolute atomic E-state index is 13.0. The van der Waals surface area contributed by atoms with Crippen molar-refractivity contribution in [3.05, 3.63) is 24.8 Å². The fourth-order valence-electron chi connectivity index (χ4n) is 3.93. The van der Waals surface area contributed by atoms with Crippen LogP contribution in [0.15, 0.2) is 24.8 Å². The topological polar surface area (TPSA) is 61.8 Å². The third kappa shape index (κ3) is 12.9. The summed E-state index contributed by atoms with van der Waals surface area (Å²) in [5, 5.41) is 0.361. The number of benzene rings is 1. The number of carbonyl (C=O) groups excluding carboxylic acids is 1. The van der Waals surface area contributed by atoms with Crippen LogP contribution in [0.25, 0.3) is 0 Å². The van der Waals surface area contributed by atoms with Crippen molar-refractivity contribution in [2.75, 3.05) is 19.8 Å². The van der Waals surface area contributed by atoms with Gasteiger partial charge >= 0.3 is 13.3 Å². The standard InChI is InChI=1S/C30H50O5P/c1-5-9-12-15-18-23-33-26-21-22-27(36(32)28(31)8-4)30(35-25-20-17-14-11-7-3)29(26)34-24-19-16-13-10-6-2/h8,21-22H,4-7,9-20,23-25H2,1-3H3/q+1. The van der Waals surface area contributed by atoms with Crippen LogP contribution in [0.2, 0.25) is 0 Å². The Kier molecular flexibility index (Phi) is 19.0. The van der Waals surface area contributed by atoms with Crippen LogP contribution in [-0.2, 0) is 9.36 Å². The van der Waals surface area contributed by atoms with Crippen molar-refractivity contribution in [2.45, 2.75) is 117 Å². The average Bonchev–Trinajstić information content (AvgIpc) is 2.89. The number of hydrogen-bond acceptors (Lipinski definition) is 5. The lowest BCUT2D eigenvalue weighted by Gasteiger charge is -2.17. The highest BCUT2D eigenvalue weighted by atomic mass is 31.1. The first-order valence-electron chi connectivity index (χ1n) is 14.3. The Morgan fingerprint density at radius 2 is 1.14 bits per heavy atom. The Hall–Kier alpha value is -1.87. The zero-order chi connectivity index (χ0) is 26.4. The molecule has 6 heteroatoms. The predicted molar refractivity (Wildman–Crippen MR) is 152 cm³/mol. The first-order valence-corrected chi connectivity index (χ1v) is 15.6. The molecule has 204 valence electrons. The molecule has 1 aromatic carbocycles. The van der Waals surface area contributed by atoms with Gasteiger partial charge in [0.2, 0.25) is 16.8 Å². The van der Waals surface area contributed by atoms with Gasteiger partial charge in [-0.1, -0.05) is 109 Å². The number of ether oxygens (including phenoxy) is 3. The Balaban J connectivity index is 3.08. The first-order chi connectivity index (χ1) is 17.6. The number of unbranched alkanes of at least 4 members (excludes halogenated alkanes) is 12. The molecule has 36 heavy (non-hydrogen) atoms. The summed E-state index contributed by atoms with van der Waals surface area (Å²) >= 11 is 0. The van der Waals surface area contributed by atoms with E-state index in [9.17, 15) is 9.36 Å². The second-order valence-corrected chi connectivity index (χ2v) is 10.9. The van der Waals surface area contributed by atoms with Crippen LogP contribution in [0, 0.1) is 0 Å². The van der Waals surface area contributed by atoms with Crippen molar-refractivity contribution < 1.29 is 23.6 Å². The number of allylic oxidation sites excluding steroid dienone is 1. The summed E-state index contributed by atoms with van der Waals surface area (Å²) in [6.07, 6.45) is 18.0. The van der Waals surface area contributed by atoms with Gasteiger partial charge in [-0.15, -0.1) is 0 Å². The summed E-state index contributed by atoms with van der Waals surface area (Å²) in [5.74, 6) is 1.46. The normalized spacial score (nSPS) is 11.2. The van der Waals surface area contributed by atoms with Crippen LogP contribution in [-0.4, -0.2) is 25.3 Å². The van der Waals surface area contributed by atoms with Crippen molar-refractivity contribution >= 4 is 18.6 Å². The van der Waals surface area contributed by atoms with E-state index in [0.717, 1.165) is 51.0 Å². The van der Waals surface area contributed by atoms with Gasteiger partial charge in [-0.3, -0.25) is 0 Å². The van der Waals surface area contributed by atoms with Gasteiger partial charge in [-0.2, -0.15) is 0 Å². The average molecular weight is 522 g/mol. The smallest absolute Gasteiger partial charge is 0.462 e. The van der Waals surface area contributed by atoms with E-state index < -0.39 is 13.3 Å². The van der Waals surface area contributed by atoms with Crippen molar-refractivity contribution in [1.29, 1.82) is 0 Å². The van der Waals surface area contributed by atoms with Crippen LogP contribution in [0.1, 0.15) is 117 Å². The molecule has 0 aliphatic carbocycles. The minimum atomic E-state index is -2.33. The number of hydrogen-bond donors (Lipinski definition) is 0. The molecule has 0 aromatic heterocycles. The monoisotopic (exact) mass is 521 g/mol. The Morgan fingerprint density at radius 3 is 1.61 bits per heavy atom. The molecule has 0 aliphatic rings. The summed E-state index contributed by atoms with van der Waals surface area (Å²) in [6.45, 7) is 11.7. The van der Waals surface area contributed by atoms with E-state index in [2.05, 4.69) is 27.4 Å². The van der Waals surface area contributed by atoms with Gasteiger partial charge in [0.05, 0.1) is 19.8 Å². The van der Waals surface area contributed by atoms with E-state index in [-0.39, 0.29) is 0 Å². The fourth-order valence-corrected chi connectivity index (χ4v) is 4.90. The van der Waals surface area contributed by atoms with E-state index in [4.69, 9.17) is 14.2 Å². The molecule has 0 spiro atoms. The largest absolute Gasteiger partial charge is 0.490 e. The maximum Gasteiger partial charge on any atom is 0.462 e. The lowest BCUT2D eigenvalue weighted by atomic mass is 10.1. The molecule has 0 radical (unpaired) electrons. The van der Waals surface area contributed by atoms with E-state index in [1.807, 2.05) is 0 Å². The van der Waals surface area contributed by atoms with Crippen LogP contribution in [0.5, 0.6) is 17.2 Å². The molecule has 1 aromatic rings. The molecule has 5 nitrogen and oxygen atoms in total. The minimum Gasteiger partial charge on any atom is -0.490 e. The zero-order valence-corrected chi connectivity index (χ0v) is 24.0. The van der Waals surface area contributed by atoms with Gasteiger partial charge in [0.1, 0.15) is 0 Å². The zero-order valence-electron chi connectivity index (χ0n) is 23.2. The molecular weight excluding hydrogens is 471 g/mol. The van der Waals surface area contributed by atoms with Crippen molar-refractivity contribution in [2.24, 2.45) is 0 Å². The van der Waals surface area contributed by atoms with E-state index in [1.54, 1.807) is 12.1 Å². The third-order valence-electron chi connectivity index (χ3n) is 6.14. The second kappa shape index (κ2) is 21.2. The highest BCUT2D eigenvalue weighted by molar-refractivity contribution is 7.71. The lowest BCUT2D eigenvalue weighted by Crippen LogP contribution is -2.14. The van der Waals surface area contributed by atoms with Gasteiger partial charge in [0.25, 0.3) is 0 Å². The molecule has 0 N–H and O–H groups in total. The minimum absolute atomic E-state index is 0.361. The highest BCUT2D eigenvalue weighted by Crippen LogP contribution is 2.41. The van der Waals surface area contributed by atoms with Gasteiger partial charge in [-0.05, 0) is 31.4 Å². The third-order valence-corrected chi connectivity index (χ3v) is 7.52. The molecule has 0 amide bonds. The summed E-state index contributed by atoms with van der Waals surface area (Å²) in [7, 11) is -2.33. The first kappa shape index (κ1) is 32.2. The summed E-state index contributed by atoms with van der Waals surface area (Å²) in [5.41, 5.74) is -0.507. The summed E-state index contributed by atoms with van der Waals surface area (Å²) in [6, 6.07) is 3.46. The Morgan fingerprint density at radius 1 is 0.694 bits per heavy atom. The van der Waals surface area contributed by atoms with Crippen LogP contribution < -0.4 is 19.5 Å². The molecule has 0 bridgehead atoms. The summed E-state index contributed by atoms with van der Waals surface area (Å²) < 4.78 is 31.5. The highest BCUT2D eigenvalue weighted by Gasteiger charge is 2.36. The number of rotatable bonds is 24. The molecule has 1 rings (SSSR count). The van der Waals surface area contributed by atoms with Crippen LogP contribution >= 0.6 is 7.80 Å². The molecular formula is C30H50O5P+. The molecule has 0 saturated heterocycles. The molecule has 0 saturated carbocycles. The molecule has 0 heterocycles. The van der Waals surface area contributed by atoms with E-state index >= 15 is 0 Å². The lowest BCUT2D eigenvalue weighted by molar-refractivity contribution is -0.107. The van der Waals surface area contributed by atoms with Gasteiger partial charge in [-0.25, -0.2) is 4.79 Å². The Bertz CT molecular complexity index is 762. The molecule has 1 unspecified atom stereocenters. The quantitative estimate of drug-likeness (QED) is 0.0772. The van der Waals surface area contributed by atoms with Crippen LogP contribution in [0.3, 0.4) is 0 Å². The van der Waals surface area contributed by atoms with E-state index in [0.29, 0.717) is 42.4 Å². The van der Waals surface area contributed by atoms with Gasteiger partial charge in [0.15, 0.2) is 5.75 Å². The van der Waals surface area contributed by atoms with Crippen molar-refractivity contribution in [1.82, 2.24) is 0 Å². The fraction of sp³-hybridized carbons (Fsp3) is 0.700. The SMILES string of the molecule is C=CC(=O)[P+](=O)c1ccc(OCCCCCCC)c(OCCCCCCC)c1OCCCCCCC. The second-order valence-electron chi connectivity index (χ2n) is 9.37. The predicted octanol–water partition coefficient (Wildman–Crippen LogP) is 8.90. The number of carbonyl (C=O) groups is 1. The van der Waals surface area contributed by atoms with Gasteiger partial charge in [0, 0.05) is 6.08 Å². The van der Waals surface area contributed by atoms with E-state index in [1.165, 1.54) is 51.4 Å². The van der Waals surface area contributed by atoms with Crippen LogP contribution in [0.4, 0.5) is 0 Å². The van der Waals surface area contributed by atoms with Crippen molar-refractivity contribution in [3.8, 4) is 17.2 Å². The molecule has 0 fully saturated rings. The van der Waals surface area contributed by atoms with Gasteiger partial charge < -0.3 is 14.2 Å². The molecule has 0 aliphatic heterocycles. The molecule has 1 atom stereocenters. The van der Waals surface area contributed by atoms with Crippen molar-refractivity contribution in [3.63, 3.8) is 0 Å². The summed E-state index contributed by atoms with van der Waals surface area (Å²) in [4.78, 5) is 12.2.